The molecular weight excluding hydrogens is 250 g/mol. The van der Waals surface area contributed by atoms with E-state index in [1.54, 1.807) is 6.92 Å². The van der Waals surface area contributed by atoms with Gasteiger partial charge in [-0.05, 0) is 32.9 Å². The van der Waals surface area contributed by atoms with E-state index in [4.69, 9.17) is 10.00 Å². The average Bonchev–Trinajstić information content (AvgIpc) is 2.32. The number of nitriles is 1. The molecule has 1 aromatic carbocycles. The maximum absolute atomic E-state index is 13.3. The van der Waals surface area contributed by atoms with Gasteiger partial charge in [0.25, 0.3) is 0 Å². The number of ether oxygens (including phenoxy) is 1. The molecule has 0 radical (unpaired) electrons. The van der Waals surface area contributed by atoms with Crippen LogP contribution in [-0.4, -0.2) is 18.2 Å². The number of benzene rings is 1. The Hall–Kier alpha value is -1.67. The fraction of sp³-hybridized carbons (Fsp3) is 0.500. The number of hydrogen-bond donors (Lipinski definition) is 1. The lowest BCUT2D eigenvalue weighted by Crippen LogP contribution is -2.46. The van der Waals surface area contributed by atoms with Crippen LogP contribution in [0.1, 0.15) is 27.2 Å². The molecule has 104 valence electrons. The van der Waals surface area contributed by atoms with Crippen LogP contribution in [0.2, 0.25) is 0 Å². The van der Waals surface area contributed by atoms with Gasteiger partial charge in [0.15, 0.2) is 17.4 Å². The molecule has 5 heteroatoms. The van der Waals surface area contributed by atoms with Crippen molar-refractivity contribution in [2.75, 3.05) is 6.61 Å². The predicted octanol–water partition coefficient (Wildman–Crippen LogP) is 3.01. The summed E-state index contributed by atoms with van der Waals surface area (Å²) in [6, 6.07) is 5.82. The van der Waals surface area contributed by atoms with E-state index in [0.29, 0.717) is 6.42 Å². The van der Waals surface area contributed by atoms with E-state index in [9.17, 15) is 8.78 Å². The Balaban J connectivity index is 2.61. The van der Waals surface area contributed by atoms with Crippen LogP contribution in [0.4, 0.5) is 8.78 Å². The van der Waals surface area contributed by atoms with Gasteiger partial charge in [0.2, 0.25) is 0 Å². The van der Waals surface area contributed by atoms with Crippen molar-refractivity contribution in [1.29, 1.82) is 5.26 Å². The van der Waals surface area contributed by atoms with Gasteiger partial charge >= 0.3 is 0 Å². The molecule has 1 unspecified atom stereocenters. The second kappa shape index (κ2) is 6.48. The molecule has 1 rings (SSSR count). The molecule has 0 fully saturated rings. The van der Waals surface area contributed by atoms with Gasteiger partial charge < -0.3 is 4.74 Å². The number of halogens is 2. The number of hydrogen-bond acceptors (Lipinski definition) is 3. The number of nitrogens with one attached hydrogen (secondary N) is 1. The highest BCUT2D eigenvalue weighted by atomic mass is 19.1. The summed E-state index contributed by atoms with van der Waals surface area (Å²) in [7, 11) is 0. The number of nitrogens with zero attached hydrogens (tertiary/aromatic N) is 1. The molecule has 3 nitrogen and oxygen atoms in total. The van der Waals surface area contributed by atoms with Crippen LogP contribution in [-0.2, 0) is 0 Å². The van der Waals surface area contributed by atoms with Gasteiger partial charge in [-0.1, -0.05) is 6.07 Å². The Morgan fingerprint density at radius 1 is 1.37 bits per heavy atom. The summed E-state index contributed by atoms with van der Waals surface area (Å²) < 4.78 is 31.7. The van der Waals surface area contributed by atoms with Crippen LogP contribution >= 0.6 is 0 Å². The monoisotopic (exact) mass is 268 g/mol. The number of rotatable bonds is 6. The van der Waals surface area contributed by atoms with Gasteiger partial charge in [-0.2, -0.15) is 5.26 Å². The van der Waals surface area contributed by atoms with E-state index in [1.165, 1.54) is 6.07 Å². The molecule has 0 amide bonds. The maximum Gasteiger partial charge on any atom is 0.190 e. The summed E-state index contributed by atoms with van der Waals surface area (Å²) in [6.07, 6.45) is 0.329. The van der Waals surface area contributed by atoms with E-state index in [2.05, 4.69) is 11.4 Å². The Bertz CT molecular complexity index is 451. The molecule has 0 saturated heterocycles. The lowest BCUT2D eigenvalue weighted by atomic mass is 9.99. The third kappa shape index (κ3) is 4.49. The van der Waals surface area contributed by atoms with Gasteiger partial charge in [-0.15, -0.1) is 0 Å². The first-order chi connectivity index (χ1) is 8.88. The van der Waals surface area contributed by atoms with Crippen molar-refractivity contribution in [2.45, 2.75) is 38.8 Å². The third-order valence-electron chi connectivity index (χ3n) is 2.62. The summed E-state index contributed by atoms with van der Waals surface area (Å²) in [5, 5.41) is 12.2. The van der Waals surface area contributed by atoms with Crippen molar-refractivity contribution in [3.8, 4) is 11.8 Å². The smallest absolute Gasteiger partial charge is 0.190 e. The zero-order chi connectivity index (χ0) is 14.5. The summed E-state index contributed by atoms with van der Waals surface area (Å²) in [5.74, 6) is -1.88. The van der Waals surface area contributed by atoms with Crippen molar-refractivity contribution in [2.24, 2.45) is 0 Å². The Labute approximate surface area is 112 Å². The largest absolute Gasteiger partial charge is 0.488 e. The van der Waals surface area contributed by atoms with Crippen LogP contribution < -0.4 is 10.1 Å². The normalized spacial score (nSPS) is 13.9. The molecule has 0 aliphatic carbocycles. The van der Waals surface area contributed by atoms with Gasteiger partial charge in [0.05, 0.1) is 12.7 Å². The first-order valence-electron chi connectivity index (χ1n) is 6.14. The van der Waals surface area contributed by atoms with E-state index in [-0.39, 0.29) is 12.6 Å². The SMILES string of the molecule is CC(C)NC(C)(C#N)CCOc1c(F)cccc1F. The average molecular weight is 268 g/mol. The zero-order valence-corrected chi connectivity index (χ0v) is 11.3. The highest BCUT2D eigenvalue weighted by Crippen LogP contribution is 2.21. The molecule has 0 saturated carbocycles. The second-order valence-corrected chi connectivity index (χ2v) is 4.89. The van der Waals surface area contributed by atoms with Crippen LogP contribution in [0.3, 0.4) is 0 Å². The third-order valence-corrected chi connectivity index (χ3v) is 2.62. The predicted molar refractivity (Wildman–Crippen MR) is 68.8 cm³/mol. The Morgan fingerprint density at radius 2 is 1.95 bits per heavy atom. The van der Waals surface area contributed by atoms with Gasteiger partial charge in [-0.25, -0.2) is 8.78 Å². The van der Waals surface area contributed by atoms with Gasteiger partial charge in [0, 0.05) is 12.5 Å². The van der Waals surface area contributed by atoms with Crippen molar-refractivity contribution < 1.29 is 13.5 Å². The molecule has 0 aliphatic heterocycles. The standard InChI is InChI=1S/C14H18F2N2O/c1-10(2)18-14(3,9-17)7-8-19-13-11(15)5-4-6-12(13)16/h4-6,10,18H,7-8H2,1-3H3. The lowest BCUT2D eigenvalue weighted by molar-refractivity contribution is 0.241. The molecule has 1 aromatic rings. The van der Waals surface area contributed by atoms with E-state index in [1.807, 2.05) is 13.8 Å². The van der Waals surface area contributed by atoms with Crippen molar-refractivity contribution in [1.82, 2.24) is 5.32 Å². The summed E-state index contributed by atoms with van der Waals surface area (Å²) >= 11 is 0. The van der Waals surface area contributed by atoms with Crippen LogP contribution in [0, 0.1) is 23.0 Å². The first kappa shape index (κ1) is 15.4. The fourth-order valence-electron chi connectivity index (χ4n) is 1.78. The van der Waals surface area contributed by atoms with Crippen LogP contribution in [0.15, 0.2) is 18.2 Å². The highest BCUT2D eigenvalue weighted by molar-refractivity contribution is 5.26. The van der Waals surface area contributed by atoms with E-state index in [0.717, 1.165) is 12.1 Å². The topological polar surface area (TPSA) is 45.0 Å². The minimum atomic E-state index is -0.782. The maximum atomic E-state index is 13.3. The first-order valence-corrected chi connectivity index (χ1v) is 6.14. The zero-order valence-electron chi connectivity index (χ0n) is 11.3. The molecule has 1 N–H and O–H groups in total. The van der Waals surface area contributed by atoms with E-state index >= 15 is 0 Å². The van der Waals surface area contributed by atoms with Crippen molar-refractivity contribution >= 4 is 0 Å². The molecule has 0 heterocycles. The summed E-state index contributed by atoms with van der Waals surface area (Å²) in [6.45, 7) is 5.63. The molecule has 0 aliphatic rings. The molecule has 0 aromatic heterocycles. The quantitative estimate of drug-likeness (QED) is 0.862. The summed E-state index contributed by atoms with van der Waals surface area (Å²) in [5.41, 5.74) is -0.782. The van der Waals surface area contributed by atoms with Crippen LogP contribution in [0.25, 0.3) is 0 Å². The highest BCUT2D eigenvalue weighted by Gasteiger charge is 2.24. The van der Waals surface area contributed by atoms with Gasteiger partial charge in [0.1, 0.15) is 5.54 Å². The Kier molecular flexibility index (Phi) is 5.25. The van der Waals surface area contributed by atoms with Crippen LogP contribution in [0.5, 0.6) is 5.75 Å². The summed E-state index contributed by atoms with van der Waals surface area (Å²) in [4.78, 5) is 0. The lowest BCUT2D eigenvalue weighted by Gasteiger charge is -2.25. The second-order valence-electron chi connectivity index (χ2n) is 4.89. The van der Waals surface area contributed by atoms with Gasteiger partial charge in [-0.3, -0.25) is 5.32 Å². The minimum absolute atomic E-state index is 0.0572. The van der Waals surface area contributed by atoms with Crippen molar-refractivity contribution in [3.05, 3.63) is 29.8 Å². The van der Waals surface area contributed by atoms with Crippen molar-refractivity contribution in [3.63, 3.8) is 0 Å². The van der Waals surface area contributed by atoms with E-state index < -0.39 is 22.9 Å². The molecular formula is C14H18F2N2O. The minimum Gasteiger partial charge on any atom is -0.488 e. The molecule has 1 atom stereocenters. The molecule has 0 spiro atoms. The fourth-order valence-corrected chi connectivity index (χ4v) is 1.78. The molecule has 0 bridgehead atoms. The Morgan fingerprint density at radius 3 is 2.42 bits per heavy atom. The molecule has 19 heavy (non-hydrogen) atoms. The number of para-hydroxylation sites is 1.